The summed E-state index contributed by atoms with van der Waals surface area (Å²) in [6, 6.07) is 0. The van der Waals surface area contributed by atoms with Gasteiger partial charge in [-0.2, -0.15) is 0 Å². The Morgan fingerprint density at radius 2 is 2.25 bits per heavy atom. The zero-order chi connectivity index (χ0) is 11.3. The molecule has 16 heavy (non-hydrogen) atoms. The van der Waals surface area contributed by atoms with Crippen molar-refractivity contribution < 1.29 is 0 Å². The largest absolute Gasteiger partial charge is 0.397 e. The Kier molecular flexibility index (Phi) is 1.96. The Balaban J connectivity index is 2.27. The summed E-state index contributed by atoms with van der Waals surface area (Å²) in [5.74, 6) is 0. The van der Waals surface area contributed by atoms with Crippen molar-refractivity contribution in [2.45, 2.75) is 32.2 Å². The standard InChI is InChI=1S/C13H19N3/c1-13(2)4-3-9-7-15-5-6-16-8-10(14)11(13)12(9)16/h3,8,15H,4-7,14H2,1-2H3. The molecule has 0 amide bonds. The molecular formula is C13H19N3. The minimum Gasteiger partial charge on any atom is -0.397 e. The third-order valence-corrected chi connectivity index (χ3v) is 3.79. The molecule has 0 saturated heterocycles. The summed E-state index contributed by atoms with van der Waals surface area (Å²) in [5, 5.41) is 3.46. The van der Waals surface area contributed by atoms with Crippen LogP contribution in [0, 0.1) is 0 Å². The molecule has 0 saturated carbocycles. The van der Waals surface area contributed by atoms with Gasteiger partial charge >= 0.3 is 0 Å². The van der Waals surface area contributed by atoms with Crippen molar-refractivity contribution in [2.75, 3.05) is 18.8 Å². The maximum atomic E-state index is 6.19. The van der Waals surface area contributed by atoms with E-state index in [2.05, 4.69) is 36.0 Å². The van der Waals surface area contributed by atoms with Crippen LogP contribution < -0.4 is 11.1 Å². The summed E-state index contributed by atoms with van der Waals surface area (Å²) in [7, 11) is 0. The van der Waals surface area contributed by atoms with Gasteiger partial charge in [0.05, 0.1) is 11.4 Å². The summed E-state index contributed by atoms with van der Waals surface area (Å²) in [4.78, 5) is 0. The third-order valence-electron chi connectivity index (χ3n) is 3.79. The van der Waals surface area contributed by atoms with Crippen LogP contribution in [0.25, 0.3) is 5.57 Å². The first-order valence-electron chi connectivity index (χ1n) is 5.99. The highest BCUT2D eigenvalue weighted by atomic mass is 15.1. The summed E-state index contributed by atoms with van der Waals surface area (Å²) in [6.45, 7) is 7.59. The van der Waals surface area contributed by atoms with Gasteiger partial charge in [-0.3, -0.25) is 0 Å². The van der Waals surface area contributed by atoms with E-state index in [1.165, 1.54) is 16.8 Å². The van der Waals surface area contributed by atoms with Gasteiger partial charge < -0.3 is 15.6 Å². The number of anilines is 1. The van der Waals surface area contributed by atoms with Crippen molar-refractivity contribution in [3.8, 4) is 0 Å². The minimum absolute atomic E-state index is 0.179. The first-order valence-corrected chi connectivity index (χ1v) is 5.99. The van der Waals surface area contributed by atoms with Crippen molar-refractivity contribution in [3.63, 3.8) is 0 Å². The van der Waals surface area contributed by atoms with Gasteiger partial charge in [-0.05, 0) is 17.4 Å². The van der Waals surface area contributed by atoms with E-state index >= 15 is 0 Å². The fraction of sp³-hybridized carbons (Fsp3) is 0.538. The van der Waals surface area contributed by atoms with Crippen molar-refractivity contribution >= 4 is 11.3 Å². The average Bonchev–Trinajstić information content (AvgIpc) is 2.42. The Morgan fingerprint density at radius 3 is 3.06 bits per heavy atom. The third kappa shape index (κ3) is 1.24. The van der Waals surface area contributed by atoms with Gasteiger partial charge in [-0.1, -0.05) is 19.9 Å². The van der Waals surface area contributed by atoms with Crippen molar-refractivity contribution in [2.24, 2.45) is 0 Å². The van der Waals surface area contributed by atoms with E-state index in [4.69, 9.17) is 5.73 Å². The Bertz CT molecular complexity index is 466. The smallest absolute Gasteiger partial charge is 0.0538 e. The summed E-state index contributed by atoms with van der Waals surface area (Å²) >= 11 is 0. The van der Waals surface area contributed by atoms with Gasteiger partial charge in [-0.15, -0.1) is 0 Å². The SMILES string of the molecule is CC1(C)CC=C2CNCCn3cc(N)c1c32. The quantitative estimate of drug-likeness (QED) is 0.695. The molecule has 0 atom stereocenters. The van der Waals surface area contributed by atoms with Gasteiger partial charge in [0.1, 0.15) is 0 Å². The molecule has 1 aromatic heterocycles. The Labute approximate surface area is 96.3 Å². The molecule has 0 aromatic carbocycles. The van der Waals surface area contributed by atoms with E-state index in [-0.39, 0.29) is 5.41 Å². The Hall–Kier alpha value is -1.22. The number of aromatic nitrogens is 1. The number of hydrogen-bond donors (Lipinski definition) is 2. The fourth-order valence-electron chi connectivity index (χ4n) is 2.97. The van der Waals surface area contributed by atoms with Crippen LogP contribution in [0.4, 0.5) is 5.69 Å². The van der Waals surface area contributed by atoms with Crippen LogP contribution in [0.1, 0.15) is 31.5 Å². The van der Waals surface area contributed by atoms with Crippen molar-refractivity contribution in [3.05, 3.63) is 23.5 Å². The van der Waals surface area contributed by atoms with E-state index < -0.39 is 0 Å². The second-order valence-electron chi connectivity index (χ2n) is 5.50. The lowest BCUT2D eigenvalue weighted by atomic mass is 9.75. The Morgan fingerprint density at radius 1 is 1.44 bits per heavy atom. The second-order valence-corrected chi connectivity index (χ2v) is 5.50. The number of nitrogens with zero attached hydrogens (tertiary/aromatic N) is 1. The highest BCUT2D eigenvalue weighted by Gasteiger charge is 2.33. The average molecular weight is 217 g/mol. The number of allylic oxidation sites excluding steroid dienone is 1. The van der Waals surface area contributed by atoms with Gasteiger partial charge in [-0.25, -0.2) is 0 Å². The van der Waals surface area contributed by atoms with Gasteiger partial charge in [0.15, 0.2) is 0 Å². The lowest BCUT2D eigenvalue weighted by Crippen LogP contribution is -2.24. The molecule has 3 rings (SSSR count). The lowest BCUT2D eigenvalue weighted by Gasteiger charge is -2.30. The van der Waals surface area contributed by atoms with Crippen LogP contribution in [0.15, 0.2) is 12.3 Å². The molecule has 2 heterocycles. The number of nitrogen functional groups attached to an aromatic ring is 1. The highest BCUT2D eigenvalue weighted by molar-refractivity contribution is 5.76. The molecule has 1 aromatic rings. The number of nitrogens with one attached hydrogen (secondary N) is 1. The first-order chi connectivity index (χ1) is 7.59. The lowest BCUT2D eigenvalue weighted by molar-refractivity contribution is 0.525. The first kappa shape index (κ1) is 9.97. The highest BCUT2D eigenvalue weighted by Crippen LogP contribution is 2.43. The molecule has 3 N–H and O–H groups in total. The maximum Gasteiger partial charge on any atom is 0.0538 e. The predicted molar refractivity (Wildman–Crippen MR) is 67.3 cm³/mol. The molecule has 3 heteroatoms. The monoisotopic (exact) mass is 217 g/mol. The van der Waals surface area contributed by atoms with Crippen molar-refractivity contribution in [1.29, 1.82) is 0 Å². The topological polar surface area (TPSA) is 43.0 Å². The van der Waals surface area contributed by atoms with Crippen LogP contribution in [-0.2, 0) is 12.0 Å². The molecule has 86 valence electrons. The molecule has 0 fully saturated rings. The van der Waals surface area contributed by atoms with Gasteiger partial charge in [0.25, 0.3) is 0 Å². The molecule has 1 aliphatic heterocycles. The zero-order valence-electron chi connectivity index (χ0n) is 10.0. The number of rotatable bonds is 0. The van der Waals surface area contributed by atoms with Crippen LogP contribution in [0.2, 0.25) is 0 Å². The van der Waals surface area contributed by atoms with Crippen LogP contribution in [-0.4, -0.2) is 17.7 Å². The van der Waals surface area contributed by atoms with Crippen molar-refractivity contribution in [1.82, 2.24) is 9.88 Å². The molecular weight excluding hydrogens is 198 g/mol. The molecule has 2 aliphatic rings. The molecule has 0 spiro atoms. The van der Waals surface area contributed by atoms with Crippen LogP contribution >= 0.6 is 0 Å². The van der Waals surface area contributed by atoms with E-state index in [9.17, 15) is 0 Å². The second kappa shape index (κ2) is 3.14. The molecule has 1 aliphatic carbocycles. The van der Waals surface area contributed by atoms with Gasteiger partial charge in [0, 0.05) is 31.4 Å². The number of hydrogen-bond acceptors (Lipinski definition) is 2. The minimum atomic E-state index is 0.179. The molecule has 3 nitrogen and oxygen atoms in total. The number of nitrogens with two attached hydrogens (primary N) is 1. The molecule has 0 bridgehead atoms. The summed E-state index contributed by atoms with van der Waals surface area (Å²) in [5.41, 5.74) is 11.5. The summed E-state index contributed by atoms with van der Waals surface area (Å²) in [6.07, 6.45) is 5.57. The van der Waals surface area contributed by atoms with E-state index in [0.29, 0.717) is 0 Å². The maximum absolute atomic E-state index is 6.19. The molecule has 0 radical (unpaired) electrons. The van der Waals surface area contributed by atoms with E-state index in [1.54, 1.807) is 0 Å². The van der Waals surface area contributed by atoms with Crippen LogP contribution in [0.3, 0.4) is 0 Å². The normalized spacial score (nSPS) is 22.2. The fourth-order valence-corrected chi connectivity index (χ4v) is 2.97. The zero-order valence-corrected chi connectivity index (χ0v) is 10.0. The van der Waals surface area contributed by atoms with E-state index in [1.807, 2.05) is 0 Å². The predicted octanol–water partition coefficient (Wildman–Crippen LogP) is 1.74. The summed E-state index contributed by atoms with van der Waals surface area (Å²) < 4.78 is 2.32. The van der Waals surface area contributed by atoms with Gasteiger partial charge in [0.2, 0.25) is 0 Å². The molecule has 0 unspecified atom stereocenters. The van der Waals surface area contributed by atoms with Crippen LogP contribution in [0.5, 0.6) is 0 Å². The van der Waals surface area contributed by atoms with E-state index in [0.717, 1.165) is 31.7 Å².